The highest BCUT2D eigenvalue weighted by molar-refractivity contribution is 8.00. The number of carbonyl (C=O) groups is 1. The van der Waals surface area contributed by atoms with Gasteiger partial charge in [0.1, 0.15) is 0 Å². The molecule has 7 heteroatoms. The maximum atomic E-state index is 12.3. The number of thioether (sulfide) groups is 1. The molecule has 3 aromatic rings. The summed E-state index contributed by atoms with van der Waals surface area (Å²) in [6.45, 7) is 0.234. The SMILES string of the molecule is CSc1nc2ccc(NC(=O)Cc3ccc4c(c3)OCO4)cc2s1. The lowest BCUT2D eigenvalue weighted by Crippen LogP contribution is -2.14. The Morgan fingerprint density at radius 1 is 1.25 bits per heavy atom. The zero-order valence-electron chi connectivity index (χ0n) is 12.9. The third kappa shape index (κ3) is 3.05. The molecule has 2 heterocycles. The van der Waals surface area contributed by atoms with Gasteiger partial charge in [-0.1, -0.05) is 17.8 Å². The topological polar surface area (TPSA) is 60.5 Å². The van der Waals surface area contributed by atoms with Crippen molar-refractivity contribution in [3.05, 3.63) is 42.0 Å². The van der Waals surface area contributed by atoms with Crippen molar-refractivity contribution in [2.45, 2.75) is 10.8 Å². The van der Waals surface area contributed by atoms with E-state index in [9.17, 15) is 4.79 Å². The minimum absolute atomic E-state index is 0.0668. The standard InChI is InChI=1S/C17H14N2O3S2/c1-23-17-19-12-4-3-11(8-15(12)24-17)18-16(20)7-10-2-5-13-14(6-10)22-9-21-13/h2-6,8H,7,9H2,1H3,(H,18,20). The lowest BCUT2D eigenvalue weighted by molar-refractivity contribution is -0.115. The molecule has 4 rings (SSSR count). The van der Waals surface area contributed by atoms with E-state index in [-0.39, 0.29) is 19.1 Å². The number of hydrogen-bond acceptors (Lipinski definition) is 6. The fourth-order valence-electron chi connectivity index (χ4n) is 2.51. The van der Waals surface area contributed by atoms with Gasteiger partial charge >= 0.3 is 0 Å². The number of aromatic nitrogens is 1. The Labute approximate surface area is 147 Å². The van der Waals surface area contributed by atoms with Crippen LogP contribution in [0.2, 0.25) is 0 Å². The van der Waals surface area contributed by atoms with E-state index in [2.05, 4.69) is 10.3 Å². The van der Waals surface area contributed by atoms with Gasteiger partial charge in [0.2, 0.25) is 12.7 Å². The van der Waals surface area contributed by atoms with E-state index < -0.39 is 0 Å². The van der Waals surface area contributed by atoms with Gasteiger partial charge in [-0.2, -0.15) is 0 Å². The summed E-state index contributed by atoms with van der Waals surface area (Å²) in [5.41, 5.74) is 2.63. The van der Waals surface area contributed by atoms with Crippen LogP contribution in [0, 0.1) is 0 Å². The van der Waals surface area contributed by atoms with Gasteiger partial charge in [0.05, 0.1) is 16.6 Å². The van der Waals surface area contributed by atoms with E-state index in [4.69, 9.17) is 9.47 Å². The Hall–Kier alpha value is -2.25. The molecule has 0 unspecified atom stereocenters. The lowest BCUT2D eigenvalue weighted by Gasteiger charge is -2.06. The van der Waals surface area contributed by atoms with E-state index in [1.165, 1.54) is 0 Å². The number of benzene rings is 2. The fourth-order valence-corrected chi connectivity index (χ4v) is 4.04. The number of rotatable bonds is 4. The van der Waals surface area contributed by atoms with Crippen molar-refractivity contribution in [1.82, 2.24) is 4.98 Å². The number of anilines is 1. The maximum absolute atomic E-state index is 12.3. The Bertz CT molecular complexity index is 923. The number of hydrogen-bond donors (Lipinski definition) is 1. The highest BCUT2D eigenvalue weighted by Crippen LogP contribution is 2.33. The fraction of sp³-hybridized carbons (Fsp3) is 0.176. The minimum Gasteiger partial charge on any atom is -0.454 e. The summed E-state index contributed by atoms with van der Waals surface area (Å²) in [5, 5.41) is 2.94. The monoisotopic (exact) mass is 358 g/mol. The van der Waals surface area contributed by atoms with Crippen LogP contribution >= 0.6 is 23.1 Å². The number of thiazole rings is 1. The van der Waals surface area contributed by atoms with E-state index in [1.807, 2.05) is 42.7 Å². The number of nitrogens with one attached hydrogen (secondary N) is 1. The van der Waals surface area contributed by atoms with Gasteiger partial charge in [0.25, 0.3) is 0 Å². The third-order valence-corrected chi connectivity index (χ3v) is 5.63. The zero-order valence-corrected chi connectivity index (χ0v) is 14.5. The first-order chi connectivity index (χ1) is 11.7. The molecule has 24 heavy (non-hydrogen) atoms. The van der Waals surface area contributed by atoms with Crippen LogP contribution in [0.3, 0.4) is 0 Å². The molecule has 0 radical (unpaired) electrons. The van der Waals surface area contributed by atoms with Crippen LogP contribution in [0.25, 0.3) is 10.2 Å². The summed E-state index contributed by atoms with van der Waals surface area (Å²) >= 11 is 3.25. The molecule has 122 valence electrons. The first-order valence-corrected chi connectivity index (χ1v) is 9.38. The Morgan fingerprint density at radius 2 is 2.12 bits per heavy atom. The highest BCUT2D eigenvalue weighted by Gasteiger charge is 2.14. The van der Waals surface area contributed by atoms with E-state index >= 15 is 0 Å². The van der Waals surface area contributed by atoms with Crippen molar-refractivity contribution in [2.75, 3.05) is 18.4 Å². The average molecular weight is 358 g/mol. The quantitative estimate of drug-likeness (QED) is 0.716. The molecule has 0 atom stereocenters. The molecule has 5 nitrogen and oxygen atoms in total. The third-order valence-electron chi connectivity index (χ3n) is 3.63. The second-order valence-electron chi connectivity index (χ2n) is 5.28. The summed E-state index contributed by atoms with van der Waals surface area (Å²) in [4.78, 5) is 16.8. The molecule has 0 spiro atoms. The van der Waals surface area contributed by atoms with Crippen LogP contribution in [-0.4, -0.2) is 23.9 Å². The predicted octanol–water partition coefficient (Wildman–Crippen LogP) is 3.93. The number of ether oxygens (including phenoxy) is 2. The van der Waals surface area contributed by atoms with Gasteiger partial charge in [-0.05, 0) is 42.2 Å². The first-order valence-electron chi connectivity index (χ1n) is 7.34. The van der Waals surface area contributed by atoms with Crippen LogP contribution < -0.4 is 14.8 Å². The van der Waals surface area contributed by atoms with Gasteiger partial charge < -0.3 is 14.8 Å². The van der Waals surface area contributed by atoms with Gasteiger partial charge in [-0.15, -0.1) is 11.3 Å². The second kappa shape index (κ2) is 6.33. The van der Waals surface area contributed by atoms with Crippen LogP contribution in [0.5, 0.6) is 11.5 Å². The normalized spacial score (nSPS) is 12.5. The van der Waals surface area contributed by atoms with Gasteiger partial charge in [0.15, 0.2) is 15.8 Å². The lowest BCUT2D eigenvalue weighted by atomic mass is 10.1. The number of amides is 1. The highest BCUT2D eigenvalue weighted by atomic mass is 32.2. The maximum Gasteiger partial charge on any atom is 0.231 e. The van der Waals surface area contributed by atoms with Gasteiger partial charge in [-0.3, -0.25) is 4.79 Å². The molecular formula is C17H14N2O3S2. The molecule has 0 saturated carbocycles. The van der Waals surface area contributed by atoms with Crippen molar-refractivity contribution < 1.29 is 14.3 Å². The molecule has 0 fully saturated rings. The largest absolute Gasteiger partial charge is 0.454 e. The Balaban J connectivity index is 1.47. The molecule has 1 aliphatic heterocycles. The van der Waals surface area contributed by atoms with E-state index in [1.54, 1.807) is 23.1 Å². The number of nitrogens with zero attached hydrogens (tertiary/aromatic N) is 1. The Morgan fingerprint density at radius 3 is 3.00 bits per heavy atom. The summed E-state index contributed by atoms with van der Waals surface area (Å²) in [6, 6.07) is 11.3. The van der Waals surface area contributed by atoms with E-state index in [0.29, 0.717) is 5.75 Å². The van der Waals surface area contributed by atoms with Crippen LogP contribution in [0.1, 0.15) is 5.56 Å². The molecule has 2 aromatic carbocycles. The Kier molecular flexibility index (Phi) is 4.03. The molecule has 1 amide bonds. The number of fused-ring (bicyclic) bond motifs is 2. The molecule has 0 bridgehead atoms. The number of carbonyl (C=O) groups excluding carboxylic acids is 1. The van der Waals surface area contributed by atoms with Crippen molar-refractivity contribution >= 4 is 44.9 Å². The summed E-state index contributed by atoms with van der Waals surface area (Å²) in [7, 11) is 0. The summed E-state index contributed by atoms with van der Waals surface area (Å²) in [5.74, 6) is 1.35. The minimum atomic E-state index is -0.0668. The van der Waals surface area contributed by atoms with Crippen LogP contribution in [-0.2, 0) is 11.2 Å². The first kappa shape index (κ1) is 15.3. The van der Waals surface area contributed by atoms with Crippen molar-refractivity contribution in [1.29, 1.82) is 0 Å². The van der Waals surface area contributed by atoms with Crippen molar-refractivity contribution in [3.8, 4) is 11.5 Å². The smallest absolute Gasteiger partial charge is 0.231 e. The van der Waals surface area contributed by atoms with Crippen molar-refractivity contribution in [2.24, 2.45) is 0 Å². The molecule has 0 aliphatic carbocycles. The van der Waals surface area contributed by atoms with Crippen LogP contribution in [0.15, 0.2) is 40.7 Å². The predicted molar refractivity (Wildman–Crippen MR) is 96.3 cm³/mol. The van der Waals surface area contributed by atoms with Gasteiger partial charge in [-0.25, -0.2) is 4.98 Å². The molecule has 1 N–H and O–H groups in total. The zero-order chi connectivity index (χ0) is 16.5. The van der Waals surface area contributed by atoms with E-state index in [0.717, 1.165) is 31.6 Å². The molecule has 1 aromatic heterocycles. The second-order valence-corrected chi connectivity index (χ2v) is 7.36. The van der Waals surface area contributed by atoms with Crippen LogP contribution in [0.4, 0.5) is 5.69 Å². The molecule has 1 aliphatic rings. The molecular weight excluding hydrogens is 344 g/mol. The summed E-state index contributed by atoms with van der Waals surface area (Å²) < 4.78 is 12.7. The average Bonchev–Trinajstić information content (AvgIpc) is 3.19. The van der Waals surface area contributed by atoms with Crippen molar-refractivity contribution in [3.63, 3.8) is 0 Å². The molecule has 0 saturated heterocycles. The summed E-state index contributed by atoms with van der Waals surface area (Å²) in [6.07, 6.45) is 2.29. The van der Waals surface area contributed by atoms with Gasteiger partial charge in [0, 0.05) is 5.69 Å².